The number of aliphatic hydroxyl groups is 1. The minimum Gasteiger partial charge on any atom is -0.388 e. The molecule has 0 bridgehead atoms. The Morgan fingerprint density at radius 3 is 2.72 bits per heavy atom. The van der Waals surface area contributed by atoms with Crippen molar-refractivity contribution in [1.82, 2.24) is 4.98 Å². The number of aromatic nitrogens is 1. The number of halogens is 2. The van der Waals surface area contributed by atoms with Gasteiger partial charge in [0.25, 0.3) is 0 Å². The molecule has 1 heterocycles. The van der Waals surface area contributed by atoms with Crippen LogP contribution >= 0.6 is 11.6 Å². The number of aliphatic hydroxyl groups excluding tert-OH is 1. The van der Waals surface area contributed by atoms with Crippen molar-refractivity contribution in [1.29, 1.82) is 0 Å². The molecule has 0 spiro atoms. The van der Waals surface area contributed by atoms with Gasteiger partial charge in [-0.3, -0.25) is 4.98 Å². The van der Waals surface area contributed by atoms with Gasteiger partial charge in [0, 0.05) is 28.9 Å². The lowest BCUT2D eigenvalue weighted by molar-refractivity contribution is 0.172. The lowest BCUT2D eigenvalue weighted by atomic mass is 10.0. The van der Waals surface area contributed by atoms with Crippen LogP contribution in [0.2, 0.25) is 5.02 Å². The fourth-order valence-electron chi connectivity index (χ4n) is 1.70. The van der Waals surface area contributed by atoms with E-state index in [1.54, 1.807) is 12.3 Å². The highest BCUT2D eigenvalue weighted by atomic mass is 35.5. The van der Waals surface area contributed by atoms with Gasteiger partial charge in [-0.1, -0.05) is 23.7 Å². The van der Waals surface area contributed by atoms with Gasteiger partial charge >= 0.3 is 0 Å². The van der Waals surface area contributed by atoms with Gasteiger partial charge < -0.3 is 5.11 Å². The van der Waals surface area contributed by atoms with Gasteiger partial charge in [0.1, 0.15) is 5.82 Å². The van der Waals surface area contributed by atoms with Crippen LogP contribution in [0.3, 0.4) is 0 Å². The monoisotopic (exact) mass is 265 g/mol. The van der Waals surface area contributed by atoms with Crippen molar-refractivity contribution in [2.45, 2.75) is 19.4 Å². The molecular weight excluding hydrogens is 253 g/mol. The molecule has 1 N–H and O–H groups in total. The SMILES string of the molecule is Cc1ccc(CC(O)c2ccc(Cl)cc2F)nc1. The molecule has 2 nitrogen and oxygen atoms in total. The summed E-state index contributed by atoms with van der Waals surface area (Å²) in [6.07, 6.45) is 1.08. The van der Waals surface area contributed by atoms with Crippen LogP contribution in [0.1, 0.15) is 22.9 Å². The predicted molar refractivity (Wildman–Crippen MR) is 69.0 cm³/mol. The predicted octanol–water partition coefficient (Wildman–Crippen LogP) is 3.46. The first-order valence-corrected chi connectivity index (χ1v) is 5.98. The Morgan fingerprint density at radius 2 is 2.11 bits per heavy atom. The topological polar surface area (TPSA) is 33.1 Å². The van der Waals surface area contributed by atoms with Crippen molar-refractivity contribution < 1.29 is 9.50 Å². The van der Waals surface area contributed by atoms with E-state index < -0.39 is 11.9 Å². The zero-order chi connectivity index (χ0) is 13.1. The van der Waals surface area contributed by atoms with Crippen molar-refractivity contribution in [3.05, 3.63) is 64.2 Å². The highest BCUT2D eigenvalue weighted by Gasteiger charge is 2.14. The van der Waals surface area contributed by atoms with Crippen molar-refractivity contribution in [2.75, 3.05) is 0 Å². The van der Waals surface area contributed by atoms with Crippen LogP contribution in [0, 0.1) is 12.7 Å². The van der Waals surface area contributed by atoms with E-state index in [-0.39, 0.29) is 12.0 Å². The molecule has 0 aliphatic heterocycles. The normalized spacial score (nSPS) is 12.4. The van der Waals surface area contributed by atoms with Crippen molar-refractivity contribution >= 4 is 11.6 Å². The fourth-order valence-corrected chi connectivity index (χ4v) is 1.86. The molecule has 1 aromatic carbocycles. The molecular formula is C14H13ClFNO. The van der Waals surface area contributed by atoms with E-state index in [9.17, 15) is 9.50 Å². The van der Waals surface area contributed by atoms with Crippen molar-refractivity contribution in [3.63, 3.8) is 0 Å². The Balaban J connectivity index is 2.16. The minimum atomic E-state index is -0.919. The number of aryl methyl sites for hydroxylation is 1. The second-order valence-electron chi connectivity index (χ2n) is 4.21. The second-order valence-corrected chi connectivity index (χ2v) is 4.65. The Labute approximate surface area is 110 Å². The van der Waals surface area contributed by atoms with Crippen LogP contribution in [-0.2, 0) is 6.42 Å². The van der Waals surface area contributed by atoms with Gasteiger partial charge in [-0.25, -0.2) is 4.39 Å². The van der Waals surface area contributed by atoms with Crippen LogP contribution in [0.4, 0.5) is 4.39 Å². The smallest absolute Gasteiger partial charge is 0.130 e. The minimum absolute atomic E-state index is 0.238. The van der Waals surface area contributed by atoms with E-state index in [2.05, 4.69) is 4.98 Å². The summed E-state index contributed by atoms with van der Waals surface area (Å²) in [4.78, 5) is 4.18. The Hall–Kier alpha value is -1.45. The third-order valence-corrected chi connectivity index (χ3v) is 2.93. The summed E-state index contributed by atoms with van der Waals surface area (Å²) < 4.78 is 13.6. The summed E-state index contributed by atoms with van der Waals surface area (Å²) in [5, 5.41) is 10.3. The number of benzene rings is 1. The first kappa shape index (κ1) is 13.0. The van der Waals surface area contributed by atoms with E-state index >= 15 is 0 Å². The summed E-state index contributed by atoms with van der Waals surface area (Å²) in [7, 11) is 0. The highest BCUT2D eigenvalue weighted by molar-refractivity contribution is 6.30. The Kier molecular flexibility index (Phi) is 3.94. The Bertz CT molecular complexity index is 542. The average Bonchev–Trinajstić information content (AvgIpc) is 2.32. The maximum atomic E-state index is 13.6. The largest absolute Gasteiger partial charge is 0.388 e. The third kappa shape index (κ3) is 3.06. The molecule has 0 saturated heterocycles. The van der Waals surface area contributed by atoms with Crippen LogP contribution in [0.25, 0.3) is 0 Å². The lowest BCUT2D eigenvalue weighted by Crippen LogP contribution is -2.05. The van der Waals surface area contributed by atoms with Crippen LogP contribution in [0.5, 0.6) is 0 Å². The first-order chi connectivity index (χ1) is 8.56. The van der Waals surface area contributed by atoms with Gasteiger partial charge in [-0.15, -0.1) is 0 Å². The van der Waals surface area contributed by atoms with E-state index in [0.717, 1.165) is 11.3 Å². The summed E-state index contributed by atoms with van der Waals surface area (Å²) in [5.41, 5.74) is 2.01. The number of hydrogen-bond acceptors (Lipinski definition) is 2. The maximum Gasteiger partial charge on any atom is 0.130 e. The van der Waals surface area contributed by atoms with E-state index in [0.29, 0.717) is 5.02 Å². The van der Waals surface area contributed by atoms with Gasteiger partial charge in [0.05, 0.1) is 6.10 Å². The first-order valence-electron chi connectivity index (χ1n) is 5.61. The van der Waals surface area contributed by atoms with Crippen molar-refractivity contribution in [3.8, 4) is 0 Å². The number of nitrogens with zero attached hydrogens (tertiary/aromatic N) is 1. The molecule has 2 aromatic rings. The van der Waals surface area contributed by atoms with Gasteiger partial charge in [0.2, 0.25) is 0 Å². The maximum absolute atomic E-state index is 13.6. The van der Waals surface area contributed by atoms with E-state index in [1.165, 1.54) is 12.1 Å². The molecule has 0 aliphatic carbocycles. The summed E-state index contributed by atoms with van der Waals surface area (Å²) in [6.45, 7) is 1.94. The molecule has 94 valence electrons. The fraction of sp³-hybridized carbons (Fsp3) is 0.214. The molecule has 0 aliphatic rings. The van der Waals surface area contributed by atoms with Crippen LogP contribution in [0.15, 0.2) is 36.5 Å². The van der Waals surface area contributed by atoms with Crippen LogP contribution in [-0.4, -0.2) is 10.1 Å². The quantitative estimate of drug-likeness (QED) is 0.922. The summed E-state index contributed by atoms with van der Waals surface area (Å²) in [6, 6.07) is 7.99. The van der Waals surface area contributed by atoms with E-state index in [1.807, 2.05) is 19.1 Å². The van der Waals surface area contributed by atoms with Gasteiger partial charge in [0.15, 0.2) is 0 Å². The van der Waals surface area contributed by atoms with Gasteiger partial charge in [-0.05, 0) is 30.7 Å². The summed E-state index contributed by atoms with van der Waals surface area (Å²) in [5.74, 6) is -0.498. The lowest BCUT2D eigenvalue weighted by Gasteiger charge is -2.11. The standard InChI is InChI=1S/C14H13ClFNO/c1-9-2-4-11(17-8-9)7-14(18)12-5-3-10(15)6-13(12)16/h2-6,8,14,18H,7H2,1H3. The molecule has 0 radical (unpaired) electrons. The van der Waals surface area contributed by atoms with E-state index in [4.69, 9.17) is 11.6 Å². The molecule has 1 unspecified atom stereocenters. The molecule has 1 atom stereocenters. The highest BCUT2D eigenvalue weighted by Crippen LogP contribution is 2.23. The molecule has 18 heavy (non-hydrogen) atoms. The molecule has 4 heteroatoms. The third-order valence-electron chi connectivity index (χ3n) is 2.70. The van der Waals surface area contributed by atoms with Crippen molar-refractivity contribution in [2.24, 2.45) is 0 Å². The zero-order valence-corrected chi connectivity index (χ0v) is 10.7. The second kappa shape index (κ2) is 5.46. The summed E-state index contributed by atoms with van der Waals surface area (Å²) >= 11 is 5.67. The molecule has 0 fully saturated rings. The Morgan fingerprint density at radius 1 is 1.33 bits per heavy atom. The number of hydrogen-bond donors (Lipinski definition) is 1. The molecule has 0 saturated carbocycles. The number of rotatable bonds is 3. The van der Waals surface area contributed by atoms with Gasteiger partial charge in [-0.2, -0.15) is 0 Å². The molecule has 0 amide bonds. The zero-order valence-electron chi connectivity index (χ0n) is 9.90. The number of pyridine rings is 1. The molecule has 2 rings (SSSR count). The van der Waals surface area contributed by atoms with Crippen LogP contribution < -0.4 is 0 Å². The molecule has 1 aromatic heterocycles. The average molecular weight is 266 g/mol.